The summed E-state index contributed by atoms with van der Waals surface area (Å²) in [6.45, 7) is 0.552. The van der Waals surface area contributed by atoms with Crippen molar-refractivity contribution in [3.05, 3.63) is 58.6 Å². The van der Waals surface area contributed by atoms with Crippen LogP contribution in [0.4, 0.5) is 5.69 Å². The zero-order chi connectivity index (χ0) is 14.4. The zero-order valence-corrected chi connectivity index (χ0v) is 12.2. The smallest absolute Gasteiger partial charge is 0.138 e. The first-order valence-electron chi connectivity index (χ1n) is 6.20. The number of para-hydroxylation sites is 1. The Morgan fingerprint density at radius 3 is 2.55 bits per heavy atom. The summed E-state index contributed by atoms with van der Waals surface area (Å²) >= 11 is 11.8. The molecule has 1 atom stereocenters. The number of hydrogen-bond donors (Lipinski definition) is 2. The molecule has 0 aliphatic heterocycles. The predicted octanol–water partition coefficient (Wildman–Crippen LogP) is 3.85. The predicted molar refractivity (Wildman–Crippen MR) is 82.9 cm³/mol. The van der Waals surface area contributed by atoms with E-state index in [1.54, 1.807) is 18.2 Å². The lowest BCUT2D eigenvalue weighted by molar-refractivity contribution is 0.117. The fraction of sp³-hybridized carbons (Fsp3) is 0.200. The summed E-state index contributed by atoms with van der Waals surface area (Å²) in [5, 5.41) is 14.0. The largest absolute Gasteiger partial charge is 0.489 e. The van der Waals surface area contributed by atoms with Crippen LogP contribution >= 0.6 is 23.2 Å². The molecule has 0 amide bonds. The van der Waals surface area contributed by atoms with Crippen LogP contribution in [0.5, 0.6) is 5.75 Å². The van der Waals surface area contributed by atoms with Gasteiger partial charge >= 0.3 is 0 Å². The normalized spacial score (nSPS) is 11.9. The Morgan fingerprint density at radius 1 is 1.10 bits per heavy atom. The number of hydrogen-bond acceptors (Lipinski definition) is 3. The number of nitrogens with one attached hydrogen (secondary N) is 1. The van der Waals surface area contributed by atoms with Crippen molar-refractivity contribution in [3.63, 3.8) is 0 Å². The topological polar surface area (TPSA) is 41.5 Å². The van der Waals surface area contributed by atoms with Gasteiger partial charge in [0.05, 0.1) is 5.02 Å². The second-order valence-corrected chi connectivity index (χ2v) is 5.13. The Labute approximate surface area is 128 Å². The van der Waals surface area contributed by atoms with Crippen LogP contribution in [0.15, 0.2) is 48.5 Å². The van der Waals surface area contributed by atoms with E-state index in [0.29, 0.717) is 22.3 Å². The molecule has 2 aromatic carbocycles. The van der Waals surface area contributed by atoms with Crippen LogP contribution in [0.1, 0.15) is 0 Å². The summed E-state index contributed by atoms with van der Waals surface area (Å²) < 4.78 is 5.46. The summed E-state index contributed by atoms with van der Waals surface area (Å²) in [6, 6.07) is 14.6. The molecule has 0 aromatic heterocycles. The number of anilines is 1. The highest BCUT2D eigenvalue weighted by Gasteiger charge is 2.07. The first-order chi connectivity index (χ1) is 9.65. The number of benzene rings is 2. The Kier molecular flexibility index (Phi) is 5.53. The van der Waals surface area contributed by atoms with E-state index in [-0.39, 0.29) is 6.61 Å². The Hall–Kier alpha value is -1.42. The number of rotatable bonds is 6. The molecule has 0 saturated heterocycles. The minimum atomic E-state index is -0.637. The molecule has 0 bridgehead atoms. The van der Waals surface area contributed by atoms with Gasteiger partial charge in [0.25, 0.3) is 0 Å². The standard InChI is InChI=1S/C15H15Cl2NO2/c16-11-6-7-15(14(17)8-11)20-10-13(19)9-18-12-4-2-1-3-5-12/h1-8,13,18-19H,9-10H2/t13-/m1/s1. The van der Waals surface area contributed by atoms with Gasteiger partial charge in [-0.2, -0.15) is 0 Å². The molecule has 0 radical (unpaired) electrons. The van der Waals surface area contributed by atoms with Gasteiger partial charge in [0.15, 0.2) is 0 Å². The molecule has 5 heteroatoms. The van der Waals surface area contributed by atoms with Crippen molar-refractivity contribution in [2.45, 2.75) is 6.10 Å². The molecular weight excluding hydrogens is 297 g/mol. The van der Waals surface area contributed by atoms with Crippen molar-refractivity contribution >= 4 is 28.9 Å². The summed E-state index contributed by atoms with van der Waals surface area (Å²) in [7, 11) is 0. The van der Waals surface area contributed by atoms with Crippen LogP contribution in [-0.2, 0) is 0 Å². The second kappa shape index (κ2) is 7.39. The van der Waals surface area contributed by atoms with Crippen LogP contribution in [0.2, 0.25) is 10.0 Å². The van der Waals surface area contributed by atoms with Gasteiger partial charge in [-0.3, -0.25) is 0 Å². The lowest BCUT2D eigenvalue weighted by Crippen LogP contribution is -2.26. The van der Waals surface area contributed by atoms with Gasteiger partial charge in [-0.15, -0.1) is 0 Å². The zero-order valence-electron chi connectivity index (χ0n) is 10.7. The minimum absolute atomic E-state index is 0.154. The maximum Gasteiger partial charge on any atom is 0.138 e. The van der Waals surface area contributed by atoms with Crippen LogP contribution in [-0.4, -0.2) is 24.4 Å². The lowest BCUT2D eigenvalue weighted by atomic mass is 10.3. The van der Waals surface area contributed by atoms with Crippen molar-refractivity contribution < 1.29 is 9.84 Å². The third-order valence-electron chi connectivity index (χ3n) is 2.64. The number of halogens is 2. The number of aliphatic hydroxyl groups is 1. The van der Waals surface area contributed by atoms with E-state index in [1.807, 2.05) is 30.3 Å². The monoisotopic (exact) mass is 311 g/mol. The van der Waals surface area contributed by atoms with Crippen molar-refractivity contribution in [2.24, 2.45) is 0 Å². The fourth-order valence-electron chi connectivity index (χ4n) is 1.63. The quantitative estimate of drug-likeness (QED) is 0.851. The Bertz CT molecular complexity index is 549. The molecular formula is C15H15Cl2NO2. The number of aliphatic hydroxyl groups excluding tert-OH is 1. The minimum Gasteiger partial charge on any atom is -0.489 e. The highest BCUT2D eigenvalue weighted by atomic mass is 35.5. The molecule has 0 heterocycles. The van der Waals surface area contributed by atoms with Crippen LogP contribution < -0.4 is 10.1 Å². The van der Waals surface area contributed by atoms with Crippen LogP contribution in [0, 0.1) is 0 Å². The molecule has 106 valence electrons. The van der Waals surface area contributed by atoms with E-state index in [4.69, 9.17) is 27.9 Å². The molecule has 20 heavy (non-hydrogen) atoms. The van der Waals surface area contributed by atoms with Gasteiger partial charge in [0.1, 0.15) is 18.5 Å². The Balaban J connectivity index is 1.79. The molecule has 2 N–H and O–H groups in total. The SMILES string of the molecule is O[C@H](CNc1ccccc1)COc1ccc(Cl)cc1Cl. The van der Waals surface area contributed by atoms with Crippen molar-refractivity contribution in [1.82, 2.24) is 0 Å². The van der Waals surface area contributed by atoms with E-state index < -0.39 is 6.10 Å². The highest BCUT2D eigenvalue weighted by molar-refractivity contribution is 6.35. The van der Waals surface area contributed by atoms with Gasteiger partial charge in [0, 0.05) is 17.3 Å². The number of ether oxygens (including phenoxy) is 1. The summed E-state index contributed by atoms with van der Waals surface area (Å²) in [4.78, 5) is 0. The molecule has 0 aliphatic carbocycles. The molecule has 0 fully saturated rings. The van der Waals surface area contributed by atoms with Crippen LogP contribution in [0.25, 0.3) is 0 Å². The second-order valence-electron chi connectivity index (χ2n) is 4.29. The third kappa shape index (κ3) is 4.60. The summed E-state index contributed by atoms with van der Waals surface area (Å²) in [5.74, 6) is 0.509. The first kappa shape index (κ1) is 15.0. The molecule has 0 aliphatic rings. The van der Waals surface area contributed by atoms with Gasteiger partial charge in [-0.05, 0) is 30.3 Å². The van der Waals surface area contributed by atoms with Crippen molar-refractivity contribution in [3.8, 4) is 5.75 Å². The Morgan fingerprint density at radius 2 is 1.85 bits per heavy atom. The fourth-order valence-corrected chi connectivity index (χ4v) is 2.09. The van der Waals surface area contributed by atoms with Crippen LogP contribution in [0.3, 0.4) is 0 Å². The van der Waals surface area contributed by atoms with Crippen molar-refractivity contribution in [2.75, 3.05) is 18.5 Å². The van der Waals surface area contributed by atoms with Gasteiger partial charge in [0.2, 0.25) is 0 Å². The summed E-state index contributed by atoms with van der Waals surface area (Å²) in [6.07, 6.45) is -0.637. The average Bonchev–Trinajstić information content (AvgIpc) is 2.45. The van der Waals surface area contributed by atoms with E-state index >= 15 is 0 Å². The highest BCUT2D eigenvalue weighted by Crippen LogP contribution is 2.27. The average molecular weight is 312 g/mol. The van der Waals surface area contributed by atoms with E-state index in [2.05, 4.69) is 5.32 Å². The van der Waals surface area contributed by atoms with Gasteiger partial charge < -0.3 is 15.2 Å². The summed E-state index contributed by atoms with van der Waals surface area (Å²) in [5.41, 5.74) is 0.955. The maximum absolute atomic E-state index is 9.86. The molecule has 0 unspecified atom stereocenters. The van der Waals surface area contributed by atoms with E-state index in [9.17, 15) is 5.11 Å². The molecule has 2 rings (SSSR count). The molecule has 2 aromatic rings. The van der Waals surface area contributed by atoms with Gasteiger partial charge in [-0.1, -0.05) is 41.4 Å². The van der Waals surface area contributed by atoms with E-state index in [1.165, 1.54) is 0 Å². The molecule has 0 spiro atoms. The van der Waals surface area contributed by atoms with Crippen molar-refractivity contribution in [1.29, 1.82) is 0 Å². The first-order valence-corrected chi connectivity index (χ1v) is 6.95. The maximum atomic E-state index is 9.86. The third-order valence-corrected chi connectivity index (χ3v) is 3.17. The van der Waals surface area contributed by atoms with Gasteiger partial charge in [-0.25, -0.2) is 0 Å². The molecule has 0 saturated carbocycles. The lowest BCUT2D eigenvalue weighted by Gasteiger charge is -2.14. The molecule has 3 nitrogen and oxygen atoms in total. The van der Waals surface area contributed by atoms with E-state index in [0.717, 1.165) is 5.69 Å².